The lowest BCUT2D eigenvalue weighted by molar-refractivity contribution is -0.150. The largest absolute Gasteiger partial charge is 0.409 e. The van der Waals surface area contributed by atoms with E-state index in [1.807, 2.05) is 13.8 Å². The summed E-state index contributed by atoms with van der Waals surface area (Å²) < 4.78 is 36.8. The maximum Gasteiger partial charge on any atom is 0.409 e. The number of urea groups is 1. The molecule has 0 aliphatic carbocycles. The van der Waals surface area contributed by atoms with Crippen LogP contribution in [0.2, 0.25) is 0 Å². The van der Waals surface area contributed by atoms with Crippen LogP contribution in [-0.4, -0.2) is 30.8 Å². The van der Waals surface area contributed by atoms with E-state index in [4.69, 9.17) is 5.73 Å². The molecule has 2 amide bonds. The summed E-state index contributed by atoms with van der Waals surface area (Å²) in [4.78, 5) is 11.2. The summed E-state index contributed by atoms with van der Waals surface area (Å²) in [5.41, 5.74) is 4.94. The second-order valence-electron chi connectivity index (χ2n) is 3.98. The molecule has 0 aliphatic heterocycles. The van der Waals surface area contributed by atoms with Crippen LogP contribution >= 0.6 is 0 Å². The third-order valence-corrected chi connectivity index (χ3v) is 2.29. The standard InChI is InChI=1S/C9H18F3N3O/c1-5(2)6(3)14-8(16)15-7(4-13)9(10,11)12/h5-7H,4,13H2,1-3H3,(H2,14,15,16). The van der Waals surface area contributed by atoms with Crippen LogP contribution in [0.25, 0.3) is 0 Å². The van der Waals surface area contributed by atoms with E-state index in [0.717, 1.165) is 0 Å². The highest BCUT2D eigenvalue weighted by Gasteiger charge is 2.39. The lowest BCUT2D eigenvalue weighted by atomic mass is 10.1. The molecule has 2 unspecified atom stereocenters. The smallest absolute Gasteiger partial charge is 0.335 e. The Kier molecular flexibility index (Phi) is 5.57. The normalized spacial score (nSPS) is 15.8. The number of nitrogens with two attached hydrogens (primary N) is 1. The molecule has 0 saturated carbocycles. The van der Waals surface area contributed by atoms with Crippen molar-refractivity contribution >= 4 is 6.03 Å². The van der Waals surface area contributed by atoms with Gasteiger partial charge in [-0.05, 0) is 12.8 Å². The minimum atomic E-state index is -4.52. The topological polar surface area (TPSA) is 67.2 Å². The number of rotatable bonds is 4. The van der Waals surface area contributed by atoms with Crippen LogP contribution < -0.4 is 16.4 Å². The molecular formula is C9H18F3N3O. The van der Waals surface area contributed by atoms with Crippen molar-refractivity contribution in [3.63, 3.8) is 0 Å². The molecule has 2 atom stereocenters. The van der Waals surface area contributed by atoms with Crippen LogP contribution in [0.1, 0.15) is 20.8 Å². The molecule has 96 valence electrons. The maximum atomic E-state index is 12.3. The van der Waals surface area contributed by atoms with E-state index < -0.39 is 24.8 Å². The molecule has 4 nitrogen and oxygen atoms in total. The molecule has 0 spiro atoms. The summed E-state index contributed by atoms with van der Waals surface area (Å²) in [6, 6.07) is -3.06. The zero-order chi connectivity index (χ0) is 12.9. The van der Waals surface area contributed by atoms with Gasteiger partial charge in [0, 0.05) is 12.6 Å². The Hall–Kier alpha value is -0.980. The first kappa shape index (κ1) is 15.0. The highest BCUT2D eigenvalue weighted by molar-refractivity contribution is 5.74. The van der Waals surface area contributed by atoms with Crippen LogP contribution in [0.3, 0.4) is 0 Å². The molecule has 0 saturated heterocycles. The lowest BCUT2D eigenvalue weighted by Crippen LogP contribution is -2.54. The van der Waals surface area contributed by atoms with Crippen molar-refractivity contribution in [3.05, 3.63) is 0 Å². The summed E-state index contributed by atoms with van der Waals surface area (Å²) in [7, 11) is 0. The number of hydrogen-bond acceptors (Lipinski definition) is 2. The van der Waals surface area contributed by atoms with Crippen molar-refractivity contribution in [2.75, 3.05) is 6.54 Å². The van der Waals surface area contributed by atoms with Gasteiger partial charge in [-0.1, -0.05) is 13.8 Å². The number of amides is 2. The minimum Gasteiger partial charge on any atom is -0.335 e. The van der Waals surface area contributed by atoms with Crippen LogP contribution in [0, 0.1) is 5.92 Å². The van der Waals surface area contributed by atoms with Gasteiger partial charge in [-0.25, -0.2) is 4.79 Å². The zero-order valence-electron chi connectivity index (χ0n) is 9.56. The minimum absolute atomic E-state index is 0.146. The summed E-state index contributed by atoms with van der Waals surface area (Å²) in [6.07, 6.45) is -4.52. The fraction of sp³-hybridized carbons (Fsp3) is 0.889. The average molecular weight is 241 g/mol. The molecule has 0 aromatic carbocycles. The van der Waals surface area contributed by atoms with E-state index in [9.17, 15) is 18.0 Å². The van der Waals surface area contributed by atoms with E-state index in [-0.39, 0.29) is 12.0 Å². The van der Waals surface area contributed by atoms with Gasteiger partial charge in [-0.15, -0.1) is 0 Å². The maximum absolute atomic E-state index is 12.3. The molecule has 0 bridgehead atoms. The average Bonchev–Trinajstić information content (AvgIpc) is 2.11. The Balaban J connectivity index is 4.22. The van der Waals surface area contributed by atoms with Gasteiger partial charge in [0.15, 0.2) is 0 Å². The molecule has 0 aliphatic rings. The lowest BCUT2D eigenvalue weighted by Gasteiger charge is -2.23. The highest BCUT2D eigenvalue weighted by Crippen LogP contribution is 2.19. The van der Waals surface area contributed by atoms with E-state index >= 15 is 0 Å². The first-order valence-corrected chi connectivity index (χ1v) is 5.02. The highest BCUT2D eigenvalue weighted by atomic mass is 19.4. The Bertz CT molecular complexity index is 231. The van der Waals surface area contributed by atoms with Crippen molar-refractivity contribution < 1.29 is 18.0 Å². The first-order chi connectivity index (χ1) is 7.18. The monoisotopic (exact) mass is 241 g/mol. The number of nitrogens with one attached hydrogen (secondary N) is 2. The van der Waals surface area contributed by atoms with Crippen LogP contribution in [0.15, 0.2) is 0 Å². The Morgan fingerprint density at radius 2 is 1.75 bits per heavy atom. The van der Waals surface area contributed by atoms with Gasteiger partial charge in [0.1, 0.15) is 6.04 Å². The van der Waals surface area contributed by atoms with E-state index in [2.05, 4.69) is 5.32 Å². The number of hydrogen-bond donors (Lipinski definition) is 3. The van der Waals surface area contributed by atoms with Crippen LogP contribution in [0.5, 0.6) is 0 Å². The summed E-state index contributed by atoms with van der Waals surface area (Å²) in [5.74, 6) is 0.146. The summed E-state index contributed by atoms with van der Waals surface area (Å²) >= 11 is 0. The Labute approximate surface area is 92.8 Å². The Morgan fingerprint density at radius 1 is 1.25 bits per heavy atom. The predicted molar refractivity (Wildman–Crippen MR) is 54.9 cm³/mol. The van der Waals surface area contributed by atoms with Crippen molar-refractivity contribution in [2.24, 2.45) is 11.7 Å². The van der Waals surface area contributed by atoms with Gasteiger partial charge < -0.3 is 16.4 Å². The van der Waals surface area contributed by atoms with Crippen molar-refractivity contribution in [2.45, 2.75) is 39.0 Å². The van der Waals surface area contributed by atoms with Gasteiger partial charge in [0.25, 0.3) is 0 Å². The summed E-state index contributed by atoms with van der Waals surface area (Å²) in [6.45, 7) is 4.76. The number of halogens is 3. The third-order valence-electron chi connectivity index (χ3n) is 2.29. The summed E-state index contributed by atoms with van der Waals surface area (Å²) in [5, 5.41) is 4.20. The van der Waals surface area contributed by atoms with Crippen molar-refractivity contribution in [1.29, 1.82) is 0 Å². The predicted octanol–water partition coefficient (Wildman–Crippen LogP) is 1.22. The first-order valence-electron chi connectivity index (χ1n) is 5.02. The number of alkyl halides is 3. The van der Waals surface area contributed by atoms with Gasteiger partial charge in [-0.2, -0.15) is 13.2 Å². The molecule has 16 heavy (non-hydrogen) atoms. The molecule has 0 fully saturated rings. The van der Waals surface area contributed by atoms with E-state index in [0.29, 0.717) is 0 Å². The number of carbonyl (C=O) groups is 1. The fourth-order valence-corrected chi connectivity index (χ4v) is 0.848. The second kappa shape index (κ2) is 5.93. The molecule has 0 rings (SSSR count). The molecular weight excluding hydrogens is 223 g/mol. The van der Waals surface area contributed by atoms with Crippen molar-refractivity contribution in [1.82, 2.24) is 10.6 Å². The van der Waals surface area contributed by atoms with E-state index in [1.165, 1.54) is 0 Å². The Morgan fingerprint density at radius 3 is 2.06 bits per heavy atom. The van der Waals surface area contributed by atoms with Gasteiger partial charge >= 0.3 is 12.2 Å². The third kappa shape index (κ3) is 5.20. The van der Waals surface area contributed by atoms with Gasteiger partial charge in [0.2, 0.25) is 0 Å². The van der Waals surface area contributed by atoms with Crippen LogP contribution in [0.4, 0.5) is 18.0 Å². The quantitative estimate of drug-likeness (QED) is 0.692. The molecule has 4 N–H and O–H groups in total. The van der Waals surface area contributed by atoms with Gasteiger partial charge in [0.05, 0.1) is 0 Å². The zero-order valence-corrected chi connectivity index (χ0v) is 9.56. The second-order valence-corrected chi connectivity index (χ2v) is 3.98. The molecule has 0 radical (unpaired) electrons. The molecule has 0 heterocycles. The molecule has 0 aromatic rings. The molecule has 0 aromatic heterocycles. The van der Waals surface area contributed by atoms with Crippen molar-refractivity contribution in [3.8, 4) is 0 Å². The van der Waals surface area contributed by atoms with E-state index in [1.54, 1.807) is 12.2 Å². The van der Waals surface area contributed by atoms with Crippen LogP contribution in [-0.2, 0) is 0 Å². The number of carbonyl (C=O) groups excluding carboxylic acids is 1. The fourth-order valence-electron chi connectivity index (χ4n) is 0.848. The molecule has 7 heteroatoms. The van der Waals surface area contributed by atoms with Gasteiger partial charge in [-0.3, -0.25) is 0 Å². The SMILES string of the molecule is CC(C)C(C)NC(=O)NC(CN)C(F)(F)F.